The zero-order chi connectivity index (χ0) is 16.4. The Kier molecular flexibility index (Phi) is 4.58. The largest absolute Gasteiger partial charge is 0.375 e. The smallest absolute Gasteiger partial charge is 0.0460 e. The molecule has 122 valence electrons. The summed E-state index contributed by atoms with van der Waals surface area (Å²) in [6.45, 7) is 12.9. The number of aromatic amines is 1. The Bertz CT molecular complexity index is 721. The Morgan fingerprint density at radius 3 is 2.83 bits per heavy atom. The van der Waals surface area contributed by atoms with E-state index in [1.807, 2.05) is 6.20 Å². The van der Waals surface area contributed by atoms with Gasteiger partial charge >= 0.3 is 0 Å². The van der Waals surface area contributed by atoms with Crippen LogP contribution in [0.15, 0.2) is 48.8 Å². The lowest BCUT2D eigenvalue weighted by atomic mass is 9.91. The maximum Gasteiger partial charge on any atom is 0.0460 e. The van der Waals surface area contributed by atoms with Crippen molar-refractivity contribution in [2.24, 2.45) is 5.92 Å². The van der Waals surface area contributed by atoms with E-state index in [-0.39, 0.29) is 0 Å². The first-order valence-electron chi connectivity index (χ1n) is 8.53. The number of nitrogens with zero attached hydrogens (tertiary/aromatic N) is 2. The van der Waals surface area contributed by atoms with Crippen LogP contribution in [-0.4, -0.2) is 48.0 Å². The van der Waals surface area contributed by atoms with Crippen molar-refractivity contribution < 1.29 is 0 Å². The third-order valence-corrected chi connectivity index (χ3v) is 4.89. The standard InChI is InChI=1S/C20H27N3/c1-5-23(6-2)15(3)16-12-17(14-22(4)13-16)18-8-7-9-20-19(18)10-11-21-20/h7-12,16,21H,3,5-6,13-14H2,1-2,4H3/t16-/m1/s1. The average Bonchev–Trinajstić information content (AvgIpc) is 3.03. The fraction of sp³-hybridized carbons (Fsp3) is 0.400. The molecule has 0 spiro atoms. The predicted octanol–water partition coefficient (Wildman–Crippen LogP) is 3.97. The lowest BCUT2D eigenvalue weighted by Crippen LogP contribution is -2.36. The summed E-state index contributed by atoms with van der Waals surface area (Å²) in [5.74, 6) is 0.387. The van der Waals surface area contributed by atoms with Gasteiger partial charge in [-0.25, -0.2) is 0 Å². The van der Waals surface area contributed by atoms with Gasteiger partial charge in [-0.1, -0.05) is 24.8 Å². The number of hydrogen-bond acceptors (Lipinski definition) is 2. The fourth-order valence-electron chi connectivity index (χ4n) is 3.65. The molecule has 2 aromatic rings. The van der Waals surface area contributed by atoms with Crippen LogP contribution in [0.2, 0.25) is 0 Å². The van der Waals surface area contributed by atoms with Crippen molar-refractivity contribution in [3.05, 3.63) is 54.4 Å². The second-order valence-electron chi connectivity index (χ2n) is 6.40. The van der Waals surface area contributed by atoms with Crippen LogP contribution in [0.1, 0.15) is 19.4 Å². The van der Waals surface area contributed by atoms with Crippen LogP contribution in [-0.2, 0) is 0 Å². The molecule has 0 amide bonds. The Balaban J connectivity index is 1.98. The van der Waals surface area contributed by atoms with E-state index in [0.717, 1.165) is 26.2 Å². The van der Waals surface area contributed by atoms with Gasteiger partial charge < -0.3 is 14.8 Å². The van der Waals surface area contributed by atoms with E-state index in [4.69, 9.17) is 0 Å². The molecule has 0 fully saturated rings. The third kappa shape index (κ3) is 3.06. The first-order chi connectivity index (χ1) is 11.1. The van der Waals surface area contributed by atoms with Gasteiger partial charge in [0.15, 0.2) is 0 Å². The molecular formula is C20H27N3. The van der Waals surface area contributed by atoms with Crippen molar-refractivity contribution in [2.45, 2.75) is 13.8 Å². The molecule has 1 aliphatic heterocycles. The Hall–Kier alpha value is -2.00. The van der Waals surface area contributed by atoms with Crippen LogP contribution in [0.25, 0.3) is 16.5 Å². The molecule has 3 heteroatoms. The van der Waals surface area contributed by atoms with E-state index < -0.39 is 0 Å². The summed E-state index contributed by atoms with van der Waals surface area (Å²) in [5, 5.41) is 1.31. The van der Waals surface area contributed by atoms with Gasteiger partial charge in [-0.15, -0.1) is 0 Å². The monoisotopic (exact) mass is 309 g/mol. The summed E-state index contributed by atoms with van der Waals surface area (Å²) in [5.41, 5.74) is 5.19. The molecule has 1 aliphatic rings. The summed E-state index contributed by atoms with van der Waals surface area (Å²) in [4.78, 5) is 8.09. The van der Waals surface area contributed by atoms with Crippen LogP contribution in [0.5, 0.6) is 0 Å². The molecular weight excluding hydrogens is 282 g/mol. The van der Waals surface area contributed by atoms with E-state index in [1.165, 1.54) is 27.7 Å². The van der Waals surface area contributed by atoms with Gasteiger partial charge in [-0.3, -0.25) is 0 Å². The lowest BCUT2D eigenvalue weighted by molar-refractivity contribution is 0.285. The fourth-order valence-corrected chi connectivity index (χ4v) is 3.65. The van der Waals surface area contributed by atoms with Crippen LogP contribution in [0.4, 0.5) is 0 Å². The normalized spacial score (nSPS) is 18.9. The number of rotatable bonds is 5. The number of H-pyrrole nitrogens is 1. The van der Waals surface area contributed by atoms with E-state index in [1.54, 1.807) is 0 Å². The highest BCUT2D eigenvalue weighted by Gasteiger charge is 2.23. The molecule has 1 atom stereocenters. The topological polar surface area (TPSA) is 22.3 Å². The number of benzene rings is 1. The van der Waals surface area contributed by atoms with Gasteiger partial charge in [0.2, 0.25) is 0 Å². The molecule has 1 aromatic heterocycles. The molecule has 0 bridgehead atoms. The van der Waals surface area contributed by atoms with Crippen LogP contribution >= 0.6 is 0 Å². The van der Waals surface area contributed by atoms with Crippen molar-refractivity contribution in [3.8, 4) is 0 Å². The summed E-state index contributed by atoms with van der Waals surface area (Å²) in [7, 11) is 2.20. The highest BCUT2D eigenvalue weighted by atomic mass is 15.2. The molecule has 0 unspecified atom stereocenters. The van der Waals surface area contributed by atoms with Crippen LogP contribution in [0.3, 0.4) is 0 Å². The zero-order valence-electron chi connectivity index (χ0n) is 14.5. The van der Waals surface area contributed by atoms with Crippen LogP contribution < -0.4 is 0 Å². The van der Waals surface area contributed by atoms with Crippen molar-refractivity contribution in [3.63, 3.8) is 0 Å². The van der Waals surface area contributed by atoms with Gasteiger partial charge in [0, 0.05) is 54.9 Å². The molecule has 3 rings (SSSR count). The first kappa shape index (κ1) is 15.9. The minimum absolute atomic E-state index is 0.387. The Labute approximate surface area is 139 Å². The van der Waals surface area contributed by atoms with Crippen molar-refractivity contribution in [1.29, 1.82) is 0 Å². The van der Waals surface area contributed by atoms with E-state index in [2.05, 4.69) is 72.6 Å². The van der Waals surface area contributed by atoms with Crippen molar-refractivity contribution in [2.75, 3.05) is 33.2 Å². The number of hydrogen-bond donors (Lipinski definition) is 1. The maximum absolute atomic E-state index is 4.38. The molecule has 0 aliphatic carbocycles. The predicted molar refractivity (Wildman–Crippen MR) is 99.3 cm³/mol. The highest BCUT2D eigenvalue weighted by molar-refractivity contribution is 5.92. The van der Waals surface area contributed by atoms with Crippen LogP contribution in [0, 0.1) is 5.92 Å². The lowest BCUT2D eigenvalue weighted by Gasteiger charge is -2.35. The number of aromatic nitrogens is 1. The van der Waals surface area contributed by atoms with E-state index in [0.29, 0.717) is 5.92 Å². The molecule has 23 heavy (non-hydrogen) atoms. The summed E-state index contributed by atoms with van der Waals surface area (Å²) < 4.78 is 0. The van der Waals surface area contributed by atoms with Gasteiger partial charge in [-0.2, -0.15) is 0 Å². The molecule has 1 N–H and O–H groups in total. The minimum Gasteiger partial charge on any atom is -0.375 e. The zero-order valence-corrected chi connectivity index (χ0v) is 14.5. The molecule has 0 radical (unpaired) electrons. The molecule has 3 nitrogen and oxygen atoms in total. The molecule has 1 aromatic carbocycles. The van der Waals surface area contributed by atoms with Gasteiger partial charge in [-0.05, 0) is 44.2 Å². The van der Waals surface area contributed by atoms with Crippen molar-refractivity contribution >= 4 is 16.5 Å². The molecule has 0 saturated carbocycles. The maximum atomic E-state index is 4.38. The second kappa shape index (κ2) is 6.63. The minimum atomic E-state index is 0.387. The summed E-state index contributed by atoms with van der Waals surface area (Å²) >= 11 is 0. The average molecular weight is 309 g/mol. The van der Waals surface area contributed by atoms with Gasteiger partial charge in [0.25, 0.3) is 0 Å². The molecule has 2 heterocycles. The van der Waals surface area contributed by atoms with E-state index >= 15 is 0 Å². The number of fused-ring (bicyclic) bond motifs is 1. The quantitative estimate of drug-likeness (QED) is 0.903. The van der Waals surface area contributed by atoms with Gasteiger partial charge in [0.05, 0.1) is 0 Å². The Morgan fingerprint density at radius 2 is 2.09 bits per heavy atom. The molecule has 0 saturated heterocycles. The van der Waals surface area contributed by atoms with Crippen molar-refractivity contribution in [1.82, 2.24) is 14.8 Å². The number of nitrogens with one attached hydrogen (secondary N) is 1. The first-order valence-corrected chi connectivity index (χ1v) is 8.53. The summed E-state index contributed by atoms with van der Waals surface area (Å²) in [6.07, 6.45) is 4.45. The highest BCUT2D eigenvalue weighted by Crippen LogP contribution is 2.31. The van der Waals surface area contributed by atoms with E-state index in [9.17, 15) is 0 Å². The second-order valence-corrected chi connectivity index (χ2v) is 6.40. The third-order valence-electron chi connectivity index (χ3n) is 4.89. The Morgan fingerprint density at radius 1 is 1.30 bits per heavy atom. The van der Waals surface area contributed by atoms with Gasteiger partial charge in [0.1, 0.15) is 0 Å². The number of likely N-dealkylation sites (N-methyl/N-ethyl adjacent to an activating group) is 1. The summed E-state index contributed by atoms with van der Waals surface area (Å²) in [6, 6.07) is 8.68. The SMILES string of the molecule is C=C([C@@H]1C=C(c2cccc3[nH]ccc23)CN(C)C1)N(CC)CC.